The molecule has 0 saturated heterocycles. The van der Waals surface area contributed by atoms with Crippen molar-refractivity contribution in [1.29, 1.82) is 0 Å². The van der Waals surface area contributed by atoms with E-state index >= 15 is 0 Å². The second-order valence-electron chi connectivity index (χ2n) is 6.21. The van der Waals surface area contributed by atoms with Crippen LogP contribution < -0.4 is 5.32 Å². The molecule has 1 aliphatic rings. The number of nitrogens with one attached hydrogen (secondary N) is 1. The summed E-state index contributed by atoms with van der Waals surface area (Å²) in [5.41, 5.74) is 1.01. The first-order valence-corrected chi connectivity index (χ1v) is 7.98. The van der Waals surface area contributed by atoms with Crippen molar-refractivity contribution in [3.05, 3.63) is 28.5 Å². The molecule has 0 heterocycles. The lowest BCUT2D eigenvalue weighted by molar-refractivity contribution is 0.212. The molecule has 0 spiro atoms. The van der Waals surface area contributed by atoms with E-state index in [1.807, 2.05) is 12.1 Å². The third-order valence-electron chi connectivity index (χ3n) is 4.29. The van der Waals surface area contributed by atoms with Gasteiger partial charge in [-0.05, 0) is 64.7 Å². The Balaban J connectivity index is 2.11. The molecule has 3 heteroatoms. The summed E-state index contributed by atoms with van der Waals surface area (Å²) in [6, 6.07) is 5.69. The molecule has 0 bridgehead atoms. The standard InChI is InChI=1S/C16H23BrFN/c1-10(2)13-6-4-11(3)8-16(13)19-12-5-7-15(18)14(17)9-12/h5,7,9-11,13,16,19H,4,6,8H2,1-3H3. The maximum atomic E-state index is 13.3. The smallest absolute Gasteiger partial charge is 0.137 e. The molecule has 1 aromatic carbocycles. The third kappa shape index (κ3) is 3.71. The van der Waals surface area contributed by atoms with Crippen LogP contribution in [0.25, 0.3) is 0 Å². The molecule has 1 saturated carbocycles. The summed E-state index contributed by atoms with van der Waals surface area (Å²) in [7, 11) is 0. The highest BCUT2D eigenvalue weighted by atomic mass is 79.9. The van der Waals surface area contributed by atoms with Crippen molar-refractivity contribution in [3.8, 4) is 0 Å². The van der Waals surface area contributed by atoms with E-state index in [1.54, 1.807) is 0 Å². The molecule has 1 aliphatic carbocycles. The summed E-state index contributed by atoms with van der Waals surface area (Å²) in [5, 5.41) is 3.61. The molecule has 0 aliphatic heterocycles. The first-order valence-electron chi connectivity index (χ1n) is 7.19. The van der Waals surface area contributed by atoms with Crippen LogP contribution in [-0.2, 0) is 0 Å². The highest BCUT2D eigenvalue weighted by Gasteiger charge is 2.30. The van der Waals surface area contributed by atoms with Gasteiger partial charge >= 0.3 is 0 Å². The normalized spacial score (nSPS) is 27.6. The fraction of sp³-hybridized carbons (Fsp3) is 0.625. The fourth-order valence-corrected chi connectivity index (χ4v) is 3.55. The Labute approximate surface area is 124 Å². The van der Waals surface area contributed by atoms with Crippen LogP contribution >= 0.6 is 15.9 Å². The van der Waals surface area contributed by atoms with Gasteiger partial charge in [0.25, 0.3) is 0 Å². The Kier molecular flexibility index (Phi) is 4.88. The zero-order chi connectivity index (χ0) is 14.0. The summed E-state index contributed by atoms with van der Waals surface area (Å²) >= 11 is 3.25. The van der Waals surface area contributed by atoms with Crippen LogP contribution in [0.2, 0.25) is 0 Å². The van der Waals surface area contributed by atoms with Gasteiger partial charge in [-0.15, -0.1) is 0 Å². The van der Waals surface area contributed by atoms with Gasteiger partial charge in [0.2, 0.25) is 0 Å². The molecule has 19 heavy (non-hydrogen) atoms. The van der Waals surface area contributed by atoms with Crippen LogP contribution in [0.1, 0.15) is 40.0 Å². The zero-order valence-electron chi connectivity index (χ0n) is 11.9. The van der Waals surface area contributed by atoms with Gasteiger partial charge in [0, 0.05) is 11.7 Å². The first kappa shape index (κ1) is 14.8. The Hall–Kier alpha value is -0.570. The number of halogens is 2. The van der Waals surface area contributed by atoms with E-state index in [2.05, 4.69) is 42.0 Å². The summed E-state index contributed by atoms with van der Waals surface area (Å²) in [6.45, 7) is 6.93. The molecule has 0 radical (unpaired) electrons. The fourth-order valence-electron chi connectivity index (χ4n) is 3.17. The summed E-state index contributed by atoms with van der Waals surface area (Å²) in [6.07, 6.45) is 3.82. The second-order valence-corrected chi connectivity index (χ2v) is 7.06. The van der Waals surface area contributed by atoms with Crippen molar-refractivity contribution in [2.24, 2.45) is 17.8 Å². The van der Waals surface area contributed by atoms with Gasteiger partial charge < -0.3 is 5.32 Å². The van der Waals surface area contributed by atoms with E-state index in [9.17, 15) is 4.39 Å². The number of benzene rings is 1. The highest BCUT2D eigenvalue weighted by molar-refractivity contribution is 9.10. The Morgan fingerprint density at radius 1 is 1.32 bits per heavy atom. The van der Waals surface area contributed by atoms with E-state index in [4.69, 9.17) is 0 Å². The van der Waals surface area contributed by atoms with Crippen LogP contribution in [0.4, 0.5) is 10.1 Å². The minimum atomic E-state index is -0.206. The molecule has 0 amide bonds. The number of hydrogen-bond acceptors (Lipinski definition) is 1. The first-order chi connectivity index (χ1) is 8.97. The molecule has 106 valence electrons. The Morgan fingerprint density at radius 2 is 2.05 bits per heavy atom. The molecule has 2 rings (SSSR count). The van der Waals surface area contributed by atoms with Crippen molar-refractivity contribution in [2.45, 2.75) is 46.1 Å². The largest absolute Gasteiger partial charge is 0.382 e. The minimum Gasteiger partial charge on any atom is -0.382 e. The van der Waals surface area contributed by atoms with Gasteiger partial charge in [-0.2, -0.15) is 0 Å². The quantitative estimate of drug-likeness (QED) is 0.777. The lowest BCUT2D eigenvalue weighted by atomic mass is 9.74. The molecule has 1 nitrogen and oxygen atoms in total. The van der Waals surface area contributed by atoms with E-state index in [1.165, 1.54) is 25.3 Å². The van der Waals surface area contributed by atoms with Crippen LogP contribution in [0.3, 0.4) is 0 Å². The van der Waals surface area contributed by atoms with Crippen molar-refractivity contribution in [3.63, 3.8) is 0 Å². The Bertz CT molecular complexity index is 433. The summed E-state index contributed by atoms with van der Waals surface area (Å²) in [4.78, 5) is 0. The van der Waals surface area contributed by atoms with Crippen LogP contribution in [0.5, 0.6) is 0 Å². The number of hydrogen-bond donors (Lipinski definition) is 1. The Morgan fingerprint density at radius 3 is 2.68 bits per heavy atom. The van der Waals surface area contributed by atoms with Gasteiger partial charge in [0.15, 0.2) is 0 Å². The molecule has 1 N–H and O–H groups in total. The van der Waals surface area contributed by atoms with E-state index < -0.39 is 0 Å². The number of rotatable bonds is 3. The van der Waals surface area contributed by atoms with Gasteiger partial charge in [0.1, 0.15) is 5.82 Å². The lowest BCUT2D eigenvalue weighted by Crippen LogP contribution is -2.37. The molecule has 0 aromatic heterocycles. The van der Waals surface area contributed by atoms with Crippen LogP contribution in [0, 0.1) is 23.6 Å². The van der Waals surface area contributed by atoms with E-state index in [0.29, 0.717) is 22.4 Å². The van der Waals surface area contributed by atoms with E-state index in [-0.39, 0.29) is 5.82 Å². The van der Waals surface area contributed by atoms with Gasteiger partial charge in [-0.1, -0.05) is 27.2 Å². The predicted molar refractivity (Wildman–Crippen MR) is 82.9 cm³/mol. The minimum absolute atomic E-state index is 0.206. The van der Waals surface area contributed by atoms with Gasteiger partial charge in [0.05, 0.1) is 4.47 Å². The maximum Gasteiger partial charge on any atom is 0.137 e. The van der Waals surface area contributed by atoms with Crippen molar-refractivity contribution < 1.29 is 4.39 Å². The molecule has 1 aromatic rings. The van der Waals surface area contributed by atoms with Gasteiger partial charge in [-0.25, -0.2) is 4.39 Å². The topological polar surface area (TPSA) is 12.0 Å². The maximum absolute atomic E-state index is 13.3. The third-order valence-corrected chi connectivity index (χ3v) is 4.90. The van der Waals surface area contributed by atoms with Crippen LogP contribution in [0.15, 0.2) is 22.7 Å². The average Bonchev–Trinajstić information content (AvgIpc) is 2.33. The van der Waals surface area contributed by atoms with Crippen molar-refractivity contribution >= 4 is 21.6 Å². The molecule has 3 atom stereocenters. The monoisotopic (exact) mass is 327 g/mol. The molecular weight excluding hydrogens is 305 g/mol. The molecular formula is C16H23BrFN. The second kappa shape index (κ2) is 6.25. The van der Waals surface area contributed by atoms with Crippen molar-refractivity contribution in [1.82, 2.24) is 0 Å². The average molecular weight is 328 g/mol. The van der Waals surface area contributed by atoms with Crippen LogP contribution in [-0.4, -0.2) is 6.04 Å². The molecule has 1 fully saturated rings. The summed E-state index contributed by atoms with van der Waals surface area (Å²) in [5.74, 6) is 1.97. The van der Waals surface area contributed by atoms with Gasteiger partial charge in [-0.3, -0.25) is 0 Å². The van der Waals surface area contributed by atoms with E-state index in [0.717, 1.165) is 11.6 Å². The SMILES string of the molecule is CC1CCC(C(C)C)C(Nc2ccc(F)c(Br)c2)C1. The van der Waals surface area contributed by atoms with Crippen molar-refractivity contribution in [2.75, 3.05) is 5.32 Å². The lowest BCUT2D eigenvalue weighted by Gasteiger charge is -2.38. The highest BCUT2D eigenvalue weighted by Crippen LogP contribution is 2.35. The molecule has 3 unspecified atom stereocenters. The number of anilines is 1. The predicted octanol–water partition coefficient (Wildman–Crippen LogP) is 5.46. The zero-order valence-corrected chi connectivity index (χ0v) is 13.5. The summed E-state index contributed by atoms with van der Waals surface area (Å²) < 4.78 is 13.8.